The van der Waals surface area contributed by atoms with Crippen LogP contribution < -0.4 is 16.0 Å². The Balaban J connectivity index is 1.52. The van der Waals surface area contributed by atoms with Gasteiger partial charge in [0, 0.05) is 48.9 Å². The first kappa shape index (κ1) is 22.8. The molecule has 33 heavy (non-hydrogen) atoms. The van der Waals surface area contributed by atoms with Gasteiger partial charge in [-0.05, 0) is 44.3 Å². The number of rotatable bonds is 6. The van der Waals surface area contributed by atoms with Gasteiger partial charge in [0.2, 0.25) is 5.91 Å². The van der Waals surface area contributed by atoms with E-state index in [9.17, 15) is 9.59 Å². The van der Waals surface area contributed by atoms with Gasteiger partial charge in [0.1, 0.15) is 11.7 Å². The van der Waals surface area contributed by atoms with E-state index in [1.807, 2.05) is 30.3 Å². The molecule has 0 aliphatic carbocycles. The molecule has 1 fully saturated rings. The summed E-state index contributed by atoms with van der Waals surface area (Å²) in [7, 11) is 2.12. The third kappa shape index (κ3) is 5.18. The number of nitrogens with zero attached hydrogens (tertiary/aromatic N) is 3. The van der Waals surface area contributed by atoms with Gasteiger partial charge in [-0.1, -0.05) is 28.9 Å². The monoisotopic (exact) mass is 467 g/mol. The summed E-state index contributed by atoms with van der Waals surface area (Å²) in [6, 6.07) is 13.8. The molecule has 3 aromatic rings. The summed E-state index contributed by atoms with van der Waals surface area (Å²) in [5, 5.41) is 7.39. The molecule has 1 aliphatic heterocycles. The molecule has 0 unspecified atom stereocenters. The normalized spacial score (nSPS) is 15.3. The standard InChI is InChI=1S/C24H26ClN5O3/c1-15(23(26)31)27-24(32)18-5-3-4-16(12-18)20-14-22(33-28-20)17-6-7-21(19(25)13-17)30-10-8-29(2)9-11-30/h3-7,12-15H,8-11H2,1-2H3,(H2,26,31)(H,27,32)/t15-/m1/s1. The highest BCUT2D eigenvalue weighted by atomic mass is 35.5. The maximum absolute atomic E-state index is 12.4. The van der Waals surface area contributed by atoms with Crippen LogP contribution in [0.2, 0.25) is 5.02 Å². The topological polar surface area (TPSA) is 105 Å². The summed E-state index contributed by atoms with van der Waals surface area (Å²) in [5.41, 5.74) is 8.74. The lowest BCUT2D eigenvalue weighted by atomic mass is 10.1. The largest absolute Gasteiger partial charge is 0.368 e. The SMILES string of the molecule is C[C@@H](NC(=O)c1cccc(-c2cc(-c3ccc(N4CCN(C)CC4)c(Cl)c3)on2)c1)C(N)=O. The van der Waals surface area contributed by atoms with Crippen molar-refractivity contribution in [3.8, 4) is 22.6 Å². The first-order valence-electron chi connectivity index (χ1n) is 10.7. The number of hydrogen-bond acceptors (Lipinski definition) is 6. The number of nitrogens with one attached hydrogen (secondary N) is 1. The van der Waals surface area contributed by atoms with Crippen molar-refractivity contribution in [3.05, 3.63) is 59.1 Å². The predicted molar refractivity (Wildman–Crippen MR) is 128 cm³/mol. The number of benzene rings is 2. The second-order valence-electron chi connectivity index (χ2n) is 8.21. The second-order valence-corrected chi connectivity index (χ2v) is 8.62. The number of carbonyl (C=O) groups excluding carboxylic acids is 2. The van der Waals surface area contributed by atoms with E-state index in [1.54, 1.807) is 18.2 Å². The molecule has 0 radical (unpaired) electrons. The average Bonchev–Trinajstić information content (AvgIpc) is 3.30. The molecular weight excluding hydrogens is 442 g/mol. The molecule has 0 saturated carbocycles. The van der Waals surface area contributed by atoms with E-state index in [4.69, 9.17) is 21.9 Å². The molecule has 1 saturated heterocycles. The second kappa shape index (κ2) is 9.64. The van der Waals surface area contributed by atoms with Crippen molar-refractivity contribution in [3.63, 3.8) is 0 Å². The number of hydrogen-bond donors (Lipinski definition) is 2. The highest BCUT2D eigenvalue weighted by Gasteiger charge is 2.19. The number of carbonyl (C=O) groups is 2. The molecule has 1 aromatic heterocycles. The van der Waals surface area contributed by atoms with E-state index < -0.39 is 17.9 Å². The predicted octanol–water partition coefficient (Wildman–Crippen LogP) is 3.02. The summed E-state index contributed by atoms with van der Waals surface area (Å²) >= 11 is 6.60. The van der Waals surface area contributed by atoms with E-state index in [0.29, 0.717) is 27.6 Å². The smallest absolute Gasteiger partial charge is 0.251 e. The fourth-order valence-electron chi connectivity index (χ4n) is 3.68. The molecule has 2 heterocycles. The van der Waals surface area contributed by atoms with Gasteiger partial charge < -0.3 is 25.4 Å². The Morgan fingerprint density at radius 1 is 1.09 bits per heavy atom. The molecular formula is C24H26ClN5O3. The van der Waals surface area contributed by atoms with Crippen LogP contribution in [0.15, 0.2) is 53.1 Å². The van der Waals surface area contributed by atoms with E-state index in [-0.39, 0.29) is 0 Å². The highest BCUT2D eigenvalue weighted by molar-refractivity contribution is 6.33. The zero-order valence-electron chi connectivity index (χ0n) is 18.5. The lowest BCUT2D eigenvalue weighted by molar-refractivity contribution is -0.119. The Bertz CT molecular complexity index is 1170. The van der Waals surface area contributed by atoms with Crippen LogP contribution in [0.5, 0.6) is 0 Å². The van der Waals surface area contributed by atoms with Crippen LogP contribution in [0.25, 0.3) is 22.6 Å². The molecule has 2 aromatic carbocycles. The van der Waals surface area contributed by atoms with Crippen molar-refractivity contribution in [1.82, 2.24) is 15.4 Å². The quantitative estimate of drug-likeness (QED) is 0.577. The van der Waals surface area contributed by atoms with Gasteiger partial charge in [0.05, 0.1) is 10.7 Å². The third-order valence-corrected chi connectivity index (χ3v) is 6.08. The number of halogens is 1. The first-order chi connectivity index (χ1) is 15.8. The van der Waals surface area contributed by atoms with Gasteiger partial charge in [0.25, 0.3) is 5.91 Å². The summed E-state index contributed by atoms with van der Waals surface area (Å²) in [4.78, 5) is 28.2. The van der Waals surface area contributed by atoms with Crippen LogP contribution in [0.3, 0.4) is 0 Å². The number of amides is 2. The van der Waals surface area contributed by atoms with Crippen molar-refractivity contribution in [2.24, 2.45) is 5.73 Å². The van der Waals surface area contributed by atoms with E-state index >= 15 is 0 Å². The minimum absolute atomic E-state index is 0.391. The van der Waals surface area contributed by atoms with Gasteiger partial charge in [-0.2, -0.15) is 0 Å². The van der Waals surface area contributed by atoms with Crippen LogP contribution in [0, 0.1) is 0 Å². The molecule has 9 heteroatoms. The minimum Gasteiger partial charge on any atom is -0.368 e. The van der Waals surface area contributed by atoms with Crippen molar-refractivity contribution in [2.45, 2.75) is 13.0 Å². The molecule has 172 valence electrons. The van der Waals surface area contributed by atoms with Gasteiger partial charge in [-0.15, -0.1) is 0 Å². The van der Waals surface area contributed by atoms with E-state index in [2.05, 4.69) is 27.3 Å². The van der Waals surface area contributed by atoms with Crippen LogP contribution in [-0.4, -0.2) is 61.1 Å². The number of primary amides is 1. The summed E-state index contributed by atoms with van der Waals surface area (Å²) in [5.74, 6) is -0.412. The van der Waals surface area contributed by atoms with Crippen molar-refractivity contribution in [2.75, 3.05) is 38.1 Å². The highest BCUT2D eigenvalue weighted by Crippen LogP contribution is 2.33. The number of nitrogens with two attached hydrogens (primary N) is 1. The van der Waals surface area contributed by atoms with Gasteiger partial charge in [-0.25, -0.2) is 0 Å². The molecule has 2 amide bonds. The minimum atomic E-state index is -0.765. The Morgan fingerprint density at radius 3 is 2.55 bits per heavy atom. The summed E-state index contributed by atoms with van der Waals surface area (Å²) < 4.78 is 5.57. The van der Waals surface area contributed by atoms with Crippen molar-refractivity contribution < 1.29 is 14.1 Å². The lowest BCUT2D eigenvalue weighted by Crippen LogP contribution is -2.44. The molecule has 8 nitrogen and oxygen atoms in total. The molecule has 1 atom stereocenters. The fourth-order valence-corrected chi connectivity index (χ4v) is 3.98. The molecule has 4 rings (SSSR count). The zero-order valence-corrected chi connectivity index (χ0v) is 19.3. The Kier molecular flexibility index (Phi) is 6.67. The molecule has 0 bridgehead atoms. The van der Waals surface area contributed by atoms with Crippen LogP contribution in [0.1, 0.15) is 17.3 Å². The van der Waals surface area contributed by atoms with Crippen LogP contribution in [-0.2, 0) is 4.79 Å². The van der Waals surface area contributed by atoms with Gasteiger partial charge in [-0.3, -0.25) is 9.59 Å². The summed E-state index contributed by atoms with van der Waals surface area (Å²) in [6.07, 6.45) is 0. The number of likely N-dealkylation sites (N-methyl/N-ethyl adjacent to an activating group) is 1. The Hall–Kier alpha value is -3.36. The number of piperazine rings is 1. The van der Waals surface area contributed by atoms with Crippen LogP contribution in [0.4, 0.5) is 5.69 Å². The average molecular weight is 468 g/mol. The fraction of sp³-hybridized carbons (Fsp3) is 0.292. The Labute approximate surface area is 197 Å². The number of aromatic nitrogens is 1. The third-order valence-electron chi connectivity index (χ3n) is 5.78. The van der Waals surface area contributed by atoms with E-state index in [1.165, 1.54) is 6.92 Å². The van der Waals surface area contributed by atoms with Crippen molar-refractivity contribution >= 4 is 29.1 Å². The molecule has 3 N–H and O–H groups in total. The first-order valence-corrected chi connectivity index (χ1v) is 11.1. The summed E-state index contributed by atoms with van der Waals surface area (Å²) in [6.45, 7) is 5.41. The zero-order chi connectivity index (χ0) is 23.5. The van der Waals surface area contributed by atoms with Crippen LogP contribution >= 0.6 is 11.6 Å². The lowest BCUT2D eigenvalue weighted by Gasteiger charge is -2.34. The van der Waals surface area contributed by atoms with Gasteiger partial charge >= 0.3 is 0 Å². The maximum Gasteiger partial charge on any atom is 0.251 e. The molecule has 0 spiro atoms. The van der Waals surface area contributed by atoms with E-state index in [0.717, 1.165) is 37.4 Å². The Morgan fingerprint density at radius 2 is 1.85 bits per heavy atom. The maximum atomic E-state index is 12.4. The number of anilines is 1. The molecule has 1 aliphatic rings. The van der Waals surface area contributed by atoms with Gasteiger partial charge in [0.15, 0.2) is 5.76 Å². The van der Waals surface area contributed by atoms with Crippen molar-refractivity contribution in [1.29, 1.82) is 0 Å².